The van der Waals surface area contributed by atoms with Crippen LogP contribution in [0.2, 0.25) is 0 Å². The molecule has 0 bridgehead atoms. The van der Waals surface area contributed by atoms with Crippen molar-refractivity contribution in [3.8, 4) is 0 Å². The van der Waals surface area contributed by atoms with E-state index in [0.717, 1.165) is 32.3 Å². The van der Waals surface area contributed by atoms with E-state index in [-0.39, 0.29) is 12.7 Å². The molecule has 1 unspecified atom stereocenters. The van der Waals surface area contributed by atoms with Crippen LogP contribution in [0, 0.1) is 0 Å². The Bertz CT molecular complexity index is 264. The van der Waals surface area contributed by atoms with Gasteiger partial charge in [-0.1, -0.05) is 36.0 Å². The molecule has 0 saturated carbocycles. The van der Waals surface area contributed by atoms with Gasteiger partial charge in [0.05, 0.1) is 19.3 Å². The SMILES string of the molecule is CC1=CCOC(/C=C/CCC/C=C/CO)C1. The smallest absolute Gasteiger partial charge is 0.0797 e. The molecule has 0 spiro atoms. The van der Waals surface area contributed by atoms with Gasteiger partial charge in [-0.2, -0.15) is 0 Å². The topological polar surface area (TPSA) is 29.5 Å². The van der Waals surface area contributed by atoms with Gasteiger partial charge in [-0.3, -0.25) is 0 Å². The van der Waals surface area contributed by atoms with E-state index < -0.39 is 0 Å². The summed E-state index contributed by atoms with van der Waals surface area (Å²) in [6, 6.07) is 0. The van der Waals surface area contributed by atoms with E-state index in [1.807, 2.05) is 6.08 Å². The molecule has 0 aromatic carbocycles. The van der Waals surface area contributed by atoms with Crippen LogP contribution in [0.5, 0.6) is 0 Å². The van der Waals surface area contributed by atoms with E-state index in [1.54, 1.807) is 6.08 Å². The van der Waals surface area contributed by atoms with E-state index >= 15 is 0 Å². The molecular weight excluding hydrogens is 200 g/mol. The van der Waals surface area contributed by atoms with Crippen LogP contribution in [0.4, 0.5) is 0 Å². The molecule has 1 aliphatic heterocycles. The zero-order valence-electron chi connectivity index (χ0n) is 10.1. The van der Waals surface area contributed by atoms with Gasteiger partial charge >= 0.3 is 0 Å². The largest absolute Gasteiger partial charge is 0.392 e. The zero-order valence-corrected chi connectivity index (χ0v) is 10.1. The van der Waals surface area contributed by atoms with Crippen LogP contribution in [0.3, 0.4) is 0 Å². The van der Waals surface area contributed by atoms with Crippen molar-refractivity contribution in [1.29, 1.82) is 0 Å². The van der Waals surface area contributed by atoms with Gasteiger partial charge in [0, 0.05) is 0 Å². The first kappa shape index (κ1) is 13.2. The number of ether oxygens (including phenoxy) is 1. The predicted molar refractivity (Wildman–Crippen MR) is 67.3 cm³/mol. The van der Waals surface area contributed by atoms with Crippen LogP contribution in [0.15, 0.2) is 36.0 Å². The standard InChI is InChI=1S/C14H22O2/c1-13-9-11-16-14(12-13)8-6-4-2-3-5-7-10-15/h5-9,14-15H,2-4,10-12H2,1H3/b7-5+,8-6+. The fourth-order valence-electron chi connectivity index (χ4n) is 1.69. The van der Waals surface area contributed by atoms with Gasteiger partial charge in [-0.25, -0.2) is 0 Å². The second kappa shape index (κ2) is 8.31. The first-order chi connectivity index (χ1) is 7.83. The lowest BCUT2D eigenvalue weighted by atomic mass is 10.1. The fourth-order valence-corrected chi connectivity index (χ4v) is 1.69. The first-order valence-electron chi connectivity index (χ1n) is 6.02. The minimum Gasteiger partial charge on any atom is -0.392 e. The zero-order chi connectivity index (χ0) is 11.6. The van der Waals surface area contributed by atoms with Crippen molar-refractivity contribution < 1.29 is 9.84 Å². The third kappa shape index (κ3) is 5.89. The van der Waals surface area contributed by atoms with Crippen molar-refractivity contribution in [3.05, 3.63) is 36.0 Å². The van der Waals surface area contributed by atoms with Gasteiger partial charge in [0.1, 0.15) is 0 Å². The highest BCUT2D eigenvalue weighted by molar-refractivity contribution is 5.07. The lowest BCUT2D eigenvalue weighted by Gasteiger charge is -2.18. The van der Waals surface area contributed by atoms with Gasteiger partial charge in [0.15, 0.2) is 0 Å². The molecule has 1 N–H and O–H groups in total. The summed E-state index contributed by atoms with van der Waals surface area (Å²) in [5.74, 6) is 0. The molecule has 2 heteroatoms. The highest BCUT2D eigenvalue weighted by Gasteiger charge is 2.09. The number of unbranched alkanes of at least 4 members (excludes halogenated alkanes) is 2. The average molecular weight is 222 g/mol. The van der Waals surface area contributed by atoms with E-state index in [1.165, 1.54) is 5.57 Å². The summed E-state index contributed by atoms with van der Waals surface area (Å²) >= 11 is 0. The Morgan fingerprint density at radius 1 is 1.38 bits per heavy atom. The minimum absolute atomic E-state index is 0.150. The second-order valence-corrected chi connectivity index (χ2v) is 4.14. The number of hydrogen-bond donors (Lipinski definition) is 1. The number of allylic oxidation sites excluding steroid dienone is 2. The molecule has 0 saturated heterocycles. The van der Waals surface area contributed by atoms with Crippen molar-refractivity contribution in [3.63, 3.8) is 0 Å². The van der Waals surface area contributed by atoms with Gasteiger partial charge in [-0.15, -0.1) is 0 Å². The van der Waals surface area contributed by atoms with Crippen LogP contribution < -0.4 is 0 Å². The maximum Gasteiger partial charge on any atom is 0.0797 e. The van der Waals surface area contributed by atoms with Crippen LogP contribution in [-0.4, -0.2) is 24.4 Å². The summed E-state index contributed by atoms with van der Waals surface area (Å²) in [7, 11) is 0. The number of rotatable bonds is 6. The maximum absolute atomic E-state index is 8.54. The van der Waals surface area contributed by atoms with Crippen LogP contribution in [-0.2, 0) is 4.74 Å². The van der Waals surface area contributed by atoms with Crippen molar-refractivity contribution in [2.45, 2.75) is 38.7 Å². The lowest BCUT2D eigenvalue weighted by Crippen LogP contribution is -2.15. The number of aliphatic hydroxyl groups excluding tert-OH is 1. The Hall–Kier alpha value is -0.860. The molecule has 0 aliphatic carbocycles. The molecule has 1 rings (SSSR count). The molecule has 1 atom stereocenters. The van der Waals surface area contributed by atoms with Gasteiger partial charge in [0.25, 0.3) is 0 Å². The average Bonchev–Trinajstić information content (AvgIpc) is 2.28. The summed E-state index contributed by atoms with van der Waals surface area (Å²) < 4.78 is 5.58. The summed E-state index contributed by atoms with van der Waals surface area (Å²) in [5, 5.41) is 8.54. The fraction of sp³-hybridized carbons (Fsp3) is 0.571. The van der Waals surface area contributed by atoms with Crippen molar-refractivity contribution >= 4 is 0 Å². The lowest BCUT2D eigenvalue weighted by molar-refractivity contribution is 0.0986. The molecule has 0 amide bonds. The second-order valence-electron chi connectivity index (χ2n) is 4.14. The Morgan fingerprint density at radius 2 is 2.19 bits per heavy atom. The highest BCUT2D eigenvalue weighted by Crippen LogP contribution is 2.15. The predicted octanol–water partition coefficient (Wildman–Crippen LogP) is 3.00. The number of hydrogen-bond acceptors (Lipinski definition) is 2. The van der Waals surface area contributed by atoms with Crippen molar-refractivity contribution in [1.82, 2.24) is 0 Å². The molecule has 0 fully saturated rings. The normalized spacial score (nSPS) is 21.9. The monoisotopic (exact) mass is 222 g/mol. The van der Waals surface area contributed by atoms with Crippen LogP contribution in [0.25, 0.3) is 0 Å². The van der Waals surface area contributed by atoms with Gasteiger partial charge in [0.2, 0.25) is 0 Å². The molecule has 2 nitrogen and oxygen atoms in total. The Kier molecular flexibility index (Phi) is 6.86. The first-order valence-corrected chi connectivity index (χ1v) is 6.02. The van der Waals surface area contributed by atoms with Crippen LogP contribution in [0.1, 0.15) is 32.6 Å². The van der Waals surface area contributed by atoms with E-state index in [4.69, 9.17) is 9.84 Å². The van der Waals surface area contributed by atoms with E-state index in [9.17, 15) is 0 Å². The summed E-state index contributed by atoms with van der Waals surface area (Å²) in [5.41, 5.74) is 1.42. The quantitative estimate of drug-likeness (QED) is 0.553. The Labute approximate surface area is 98.3 Å². The van der Waals surface area contributed by atoms with Crippen LogP contribution >= 0.6 is 0 Å². The van der Waals surface area contributed by atoms with Crippen molar-refractivity contribution in [2.24, 2.45) is 0 Å². The summed E-state index contributed by atoms with van der Waals surface area (Å²) in [4.78, 5) is 0. The van der Waals surface area contributed by atoms with E-state index in [0.29, 0.717) is 0 Å². The molecule has 0 aromatic rings. The highest BCUT2D eigenvalue weighted by atomic mass is 16.5. The molecular formula is C14H22O2. The molecule has 0 aromatic heterocycles. The molecule has 1 heterocycles. The van der Waals surface area contributed by atoms with Gasteiger partial charge in [-0.05, 0) is 32.6 Å². The molecule has 90 valence electrons. The Balaban J connectivity index is 2.08. The summed E-state index contributed by atoms with van der Waals surface area (Å²) in [6.07, 6.45) is 14.9. The molecule has 0 radical (unpaired) electrons. The molecule has 1 aliphatic rings. The summed E-state index contributed by atoms with van der Waals surface area (Å²) in [6.45, 7) is 3.06. The van der Waals surface area contributed by atoms with Crippen molar-refractivity contribution in [2.75, 3.05) is 13.2 Å². The Morgan fingerprint density at radius 3 is 2.94 bits per heavy atom. The van der Waals surface area contributed by atoms with E-state index in [2.05, 4.69) is 25.2 Å². The maximum atomic E-state index is 8.54. The molecule has 16 heavy (non-hydrogen) atoms. The van der Waals surface area contributed by atoms with Gasteiger partial charge < -0.3 is 9.84 Å². The third-order valence-electron chi connectivity index (χ3n) is 2.63. The third-order valence-corrected chi connectivity index (χ3v) is 2.63. The number of aliphatic hydroxyl groups is 1. The minimum atomic E-state index is 0.150.